The van der Waals surface area contributed by atoms with Gasteiger partial charge in [-0.2, -0.15) is 0 Å². The molecule has 2 aromatic rings. The number of aryl methyl sites for hydroxylation is 2. The van der Waals surface area contributed by atoms with Gasteiger partial charge in [0.25, 0.3) is 0 Å². The lowest BCUT2D eigenvalue weighted by molar-refractivity contribution is 0.599. The summed E-state index contributed by atoms with van der Waals surface area (Å²) in [4.78, 5) is 0. The Hall–Kier alpha value is -1.38. The van der Waals surface area contributed by atoms with Crippen LogP contribution in [-0.4, -0.2) is 0 Å². The van der Waals surface area contributed by atoms with Crippen LogP contribution in [0, 0.1) is 19.7 Å². The van der Waals surface area contributed by atoms with Gasteiger partial charge in [0.1, 0.15) is 5.82 Å². The molecule has 2 rings (SSSR count). The molecule has 0 aliphatic carbocycles. The van der Waals surface area contributed by atoms with Crippen molar-refractivity contribution in [2.24, 2.45) is 5.73 Å². The van der Waals surface area contributed by atoms with Gasteiger partial charge in [0.15, 0.2) is 0 Å². The van der Waals surface area contributed by atoms with E-state index in [4.69, 9.17) is 17.3 Å². The molecule has 2 N–H and O–H groups in total. The van der Waals surface area contributed by atoms with Crippen LogP contribution in [0.15, 0.2) is 36.4 Å². The smallest absolute Gasteiger partial charge is 0.128 e. The molecule has 0 aliphatic heterocycles. The van der Waals surface area contributed by atoms with E-state index in [1.165, 1.54) is 12.1 Å². The Labute approximate surface area is 111 Å². The Morgan fingerprint density at radius 3 is 2.44 bits per heavy atom. The molecule has 0 saturated heterocycles. The third kappa shape index (κ3) is 2.55. The van der Waals surface area contributed by atoms with Gasteiger partial charge in [-0.15, -0.1) is 0 Å². The summed E-state index contributed by atoms with van der Waals surface area (Å²) in [6.07, 6.45) is 0. The summed E-state index contributed by atoms with van der Waals surface area (Å²) in [5, 5.41) is 0.492. The topological polar surface area (TPSA) is 26.0 Å². The molecular weight excluding hydrogens is 249 g/mol. The zero-order valence-electron chi connectivity index (χ0n) is 10.4. The maximum Gasteiger partial charge on any atom is 0.128 e. The van der Waals surface area contributed by atoms with Crippen LogP contribution >= 0.6 is 11.6 Å². The van der Waals surface area contributed by atoms with E-state index in [-0.39, 0.29) is 5.82 Å². The largest absolute Gasteiger partial charge is 0.320 e. The summed E-state index contributed by atoms with van der Waals surface area (Å²) in [5.41, 5.74) is 9.70. The summed E-state index contributed by atoms with van der Waals surface area (Å²) in [7, 11) is 0. The van der Waals surface area contributed by atoms with Crippen LogP contribution in [0.5, 0.6) is 0 Å². The average Bonchev–Trinajstić information content (AvgIpc) is 2.31. The van der Waals surface area contributed by atoms with Gasteiger partial charge in [0, 0.05) is 10.6 Å². The summed E-state index contributed by atoms with van der Waals surface area (Å²) in [6.45, 7) is 3.99. The Morgan fingerprint density at radius 2 is 1.78 bits per heavy atom. The zero-order chi connectivity index (χ0) is 13.3. The minimum Gasteiger partial charge on any atom is -0.320 e. The quantitative estimate of drug-likeness (QED) is 0.866. The fraction of sp³-hybridized carbons (Fsp3) is 0.200. The van der Waals surface area contributed by atoms with Crippen molar-refractivity contribution < 1.29 is 4.39 Å². The molecule has 0 radical (unpaired) electrons. The van der Waals surface area contributed by atoms with Gasteiger partial charge in [0.05, 0.1) is 6.04 Å². The Balaban J connectivity index is 2.47. The number of rotatable bonds is 2. The van der Waals surface area contributed by atoms with Crippen molar-refractivity contribution in [2.75, 3.05) is 0 Å². The second kappa shape index (κ2) is 5.09. The lowest BCUT2D eigenvalue weighted by atomic mass is 9.94. The van der Waals surface area contributed by atoms with Crippen molar-refractivity contribution in [2.45, 2.75) is 19.9 Å². The molecule has 0 amide bonds. The maximum absolute atomic E-state index is 13.8. The summed E-state index contributed by atoms with van der Waals surface area (Å²) < 4.78 is 13.8. The van der Waals surface area contributed by atoms with Gasteiger partial charge in [-0.3, -0.25) is 0 Å². The molecule has 3 heteroatoms. The van der Waals surface area contributed by atoms with Crippen molar-refractivity contribution >= 4 is 11.6 Å². The molecule has 1 nitrogen and oxygen atoms in total. The highest BCUT2D eigenvalue weighted by Crippen LogP contribution is 2.27. The average molecular weight is 264 g/mol. The number of hydrogen-bond acceptors (Lipinski definition) is 1. The first-order valence-electron chi connectivity index (χ1n) is 5.76. The van der Waals surface area contributed by atoms with Crippen molar-refractivity contribution in [3.8, 4) is 0 Å². The molecule has 0 spiro atoms. The van der Waals surface area contributed by atoms with E-state index in [9.17, 15) is 4.39 Å². The number of nitrogens with two attached hydrogens (primary N) is 1. The second-order valence-electron chi connectivity index (χ2n) is 4.50. The third-order valence-corrected chi connectivity index (χ3v) is 3.29. The first kappa shape index (κ1) is 13.1. The van der Waals surface area contributed by atoms with Crippen molar-refractivity contribution in [3.63, 3.8) is 0 Å². The van der Waals surface area contributed by atoms with E-state index < -0.39 is 6.04 Å². The monoisotopic (exact) mass is 263 g/mol. The van der Waals surface area contributed by atoms with E-state index in [2.05, 4.69) is 0 Å². The van der Waals surface area contributed by atoms with Crippen LogP contribution in [-0.2, 0) is 0 Å². The summed E-state index contributed by atoms with van der Waals surface area (Å²) in [5.74, 6) is -0.327. The predicted molar refractivity (Wildman–Crippen MR) is 73.4 cm³/mol. The van der Waals surface area contributed by atoms with E-state index >= 15 is 0 Å². The zero-order valence-corrected chi connectivity index (χ0v) is 11.1. The van der Waals surface area contributed by atoms with Crippen LogP contribution in [0.4, 0.5) is 4.39 Å². The molecule has 0 saturated carbocycles. The highest BCUT2D eigenvalue weighted by Gasteiger charge is 2.15. The molecule has 18 heavy (non-hydrogen) atoms. The summed E-state index contributed by atoms with van der Waals surface area (Å²) >= 11 is 5.89. The highest BCUT2D eigenvalue weighted by atomic mass is 35.5. The Bertz CT molecular complexity index is 581. The molecule has 2 aromatic carbocycles. The van der Waals surface area contributed by atoms with Gasteiger partial charge in [-0.05, 0) is 43.2 Å². The Kier molecular flexibility index (Phi) is 3.69. The first-order chi connectivity index (χ1) is 8.49. The maximum atomic E-state index is 13.8. The van der Waals surface area contributed by atoms with E-state index in [0.717, 1.165) is 16.7 Å². The van der Waals surface area contributed by atoms with Gasteiger partial charge in [-0.25, -0.2) is 4.39 Å². The van der Waals surface area contributed by atoms with Crippen LogP contribution in [0.2, 0.25) is 5.02 Å². The van der Waals surface area contributed by atoms with Gasteiger partial charge in [0.2, 0.25) is 0 Å². The van der Waals surface area contributed by atoms with Gasteiger partial charge >= 0.3 is 0 Å². The second-order valence-corrected chi connectivity index (χ2v) is 4.94. The Morgan fingerprint density at radius 1 is 1.06 bits per heavy atom. The fourth-order valence-corrected chi connectivity index (χ4v) is 2.28. The number of hydrogen-bond donors (Lipinski definition) is 1. The molecule has 94 valence electrons. The molecule has 0 heterocycles. The standard InChI is InChI=1S/C15H15ClFN/c1-9-3-5-12(10(2)7-9)15(18)13-8-11(16)4-6-14(13)17/h3-8,15H,18H2,1-2H3. The predicted octanol–water partition coefficient (Wildman–Crippen LogP) is 4.14. The minimum atomic E-state index is -0.496. The highest BCUT2D eigenvalue weighted by molar-refractivity contribution is 6.30. The van der Waals surface area contributed by atoms with E-state index in [1.54, 1.807) is 6.07 Å². The third-order valence-electron chi connectivity index (χ3n) is 3.05. The van der Waals surface area contributed by atoms with Crippen LogP contribution in [0.3, 0.4) is 0 Å². The van der Waals surface area contributed by atoms with Gasteiger partial charge < -0.3 is 5.73 Å². The van der Waals surface area contributed by atoms with Crippen LogP contribution < -0.4 is 5.73 Å². The summed E-state index contributed by atoms with van der Waals surface area (Å²) in [6, 6.07) is 9.92. The molecular formula is C15H15ClFN. The number of benzene rings is 2. The molecule has 0 aromatic heterocycles. The molecule has 0 fully saturated rings. The van der Waals surface area contributed by atoms with Crippen molar-refractivity contribution in [1.82, 2.24) is 0 Å². The normalized spacial score (nSPS) is 12.5. The van der Waals surface area contributed by atoms with Crippen LogP contribution in [0.1, 0.15) is 28.3 Å². The van der Waals surface area contributed by atoms with E-state index in [1.807, 2.05) is 32.0 Å². The lowest BCUT2D eigenvalue weighted by Gasteiger charge is -2.16. The molecule has 1 atom stereocenters. The lowest BCUT2D eigenvalue weighted by Crippen LogP contribution is -2.15. The van der Waals surface area contributed by atoms with Crippen molar-refractivity contribution in [1.29, 1.82) is 0 Å². The fourth-order valence-electron chi connectivity index (χ4n) is 2.10. The molecule has 0 aliphatic rings. The minimum absolute atomic E-state index is 0.327. The first-order valence-corrected chi connectivity index (χ1v) is 6.14. The molecule has 1 unspecified atom stereocenters. The molecule has 0 bridgehead atoms. The number of halogens is 2. The van der Waals surface area contributed by atoms with E-state index in [0.29, 0.717) is 10.6 Å². The van der Waals surface area contributed by atoms with Crippen molar-refractivity contribution in [3.05, 3.63) is 69.5 Å². The van der Waals surface area contributed by atoms with Gasteiger partial charge in [-0.1, -0.05) is 35.4 Å². The SMILES string of the molecule is Cc1ccc(C(N)c2cc(Cl)ccc2F)c(C)c1. The van der Waals surface area contributed by atoms with Crippen LogP contribution in [0.25, 0.3) is 0 Å².